The lowest BCUT2D eigenvalue weighted by Gasteiger charge is -2.25. The van der Waals surface area contributed by atoms with Gasteiger partial charge in [-0.3, -0.25) is 4.79 Å². The summed E-state index contributed by atoms with van der Waals surface area (Å²) in [6.45, 7) is 1.17. The van der Waals surface area contributed by atoms with Crippen LogP contribution in [-0.4, -0.2) is 55.5 Å². The summed E-state index contributed by atoms with van der Waals surface area (Å²) in [7, 11) is -3.55. The summed E-state index contributed by atoms with van der Waals surface area (Å²) in [5.74, 6) is -0.575. The molecule has 1 fully saturated rings. The van der Waals surface area contributed by atoms with E-state index in [0.29, 0.717) is 24.5 Å². The van der Waals surface area contributed by atoms with Crippen molar-refractivity contribution in [2.75, 3.05) is 30.3 Å². The number of nitrogens with zero attached hydrogens (tertiary/aromatic N) is 2. The van der Waals surface area contributed by atoms with Gasteiger partial charge in [0.05, 0.1) is 16.8 Å². The highest BCUT2D eigenvalue weighted by atomic mass is 32.2. The second kappa shape index (κ2) is 10.4. The number of hydrogen-bond acceptors (Lipinski definition) is 6. The van der Waals surface area contributed by atoms with E-state index in [1.165, 1.54) is 46.9 Å². The van der Waals surface area contributed by atoms with Crippen molar-refractivity contribution in [3.63, 3.8) is 0 Å². The van der Waals surface area contributed by atoms with Gasteiger partial charge in [-0.15, -0.1) is 0 Å². The van der Waals surface area contributed by atoms with Crippen LogP contribution in [0.3, 0.4) is 0 Å². The Bertz CT molecular complexity index is 1040. The Kier molecular flexibility index (Phi) is 7.80. The molecule has 0 saturated carbocycles. The van der Waals surface area contributed by atoms with Crippen LogP contribution < -0.4 is 15.4 Å². The Morgan fingerprint density at radius 2 is 1.73 bits per heavy atom. The van der Waals surface area contributed by atoms with Crippen LogP contribution in [0.1, 0.15) is 26.2 Å². The third kappa shape index (κ3) is 7.06. The first-order valence-corrected chi connectivity index (χ1v) is 11.8. The molecule has 2 aromatic rings. The average Bonchev–Trinajstić information content (AvgIpc) is 2.79. The van der Waals surface area contributed by atoms with Crippen molar-refractivity contribution in [2.45, 2.75) is 43.3 Å². The normalized spacial score (nSPS) is 16.1. The molecule has 1 amide bonds. The van der Waals surface area contributed by atoms with Gasteiger partial charge in [0.1, 0.15) is 6.04 Å². The lowest BCUT2D eigenvalue weighted by Crippen LogP contribution is -2.35. The molecule has 2 N–H and O–H groups in total. The standard InChI is InChI=1S/C21H25F3N4O4S/c1-15(26-17-7-10-19(25-13-17)32-14-21(22,23)24)20(29)27-16-5-8-18(9-6-16)33(30,31)28-11-3-2-4-12-28/h5-10,13,15,26H,2-4,11-12,14H2,1H3,(H,27,29). The largest absolute Gasteiger partial charge is 0.468 e. The predicted molar refractivity (Wildman–Crippen MR) is 117 cm³/mol. The number of nitrogens with one attached hydrogen (secondary N) is 2. The van der Waals surface area contributed by atoms with Crippen molar-refractivity contribution in [3.05, 3.63) is 42.6 Å². The maximum absolute atomic E-state index is 12.7. The molecule has 180 valence electrons. The van der Waals surface area contributed by atoms with Gasteiger partial charge in [0, 0.05) is 24.8 Å². The van der Waals surface area contributed by atoms with Crippen molar-refractivity contribution >= 4 is 27.3 Å². The molecule has 1 unspecified atom stereocenters. The lowest BCUT2D eigenvalue weighted by atomic mass is 10.2. The number of hydrogen-bond donors (Lipinski definition) is 2. The van der Waals surface area contributed by atoms with Crippen molar-refractivity contribution in [2.24, 2.45) is 0 Å². The number of anilines is 2. The number of carbonyl (C=O) groups is 1. The van der Waals surface area contributed by atoms with Crippen LogP contribution in [0.25, 0.3) is 0 Å². The zero-order valence-electron chi connectivity index (χ0n) is 17.9. The Hall–Kier alpha value is -2.86. The quantitative estimate of drug-likeness (QED) is 0.591. The molecule has 0 radical (unpaired) electrons. The molecule has 1 atom stereocenters. The Labute approximate surface area is 190 Å². The summed E-state index contributed by atoms with van der Waals surface area (Å²) in [6.07, 6.45) is -0.486. The Morgan fingerprint density at radius 3 is 2.30 bits per heavy atom. The number of aromatic nitrogens is 1. The number of sulfonamides is 1. The molecule has 0 bridgehead atoms. The maximum atomic E-state index is 12.7. The van der Waals surface area contributed by atoms with Gasteiger partial charge in [0.15, 0.2) is 6.61 Å². The molecule has 2 heterocycles. The van der Waals surface area contributed by atoms with Crippen LogP contribution in [-0.2, 0) is 14.8 Å². The fourth-order valence-electron chi connectivity index (χ4n) is 3.24. The van der Waals surface area contributed by atoms with E-state index in [1.54, 1.807) is 6.92 Å². The minimum atomic E-state index is -4.46. The molecule has 8 nitrogen and oxygen atoms in total. The van der Waals surface area contributed by atoms with Gasteiger partial charge in [0.2, 0.25) is 21.8 Å². The highest BCUT2D eigenvalue weighted by Gasteiger charge is 2.28. The van der Waals surface area contributed by atoms with E-state index < -0.39 is 28.8 Å². The second-order valence-corrected chi connectivity index (χ2v) is 9.57. The molecule has 33 heavy (non-hydrogen) atoms. The van der Waals surface area contributed by atoms with Crippen LogP contribution in [0, 0.1) is 0 Å². The average molecular weight is 487 g/mol. The molecular formula is C21H25F3N4O4S. The van der Waals surface area contributed by atoms with Gasteiger partial charge in [-0.1, -0.05) is 6.42 Å². The minimum Gasteiger partial charge on any atom is -0.468 e. The highest BCUT2D eigenvalue weighted by molar-refractivity contribution is 7.89. The predicted octanol–water partition coefficient (Wildman–Crippen LogP) is 3.64. The van der Waals surface area contributed by atoms with E-state index in [0.717, 1.165) is 19.3 Å². The summed E-state index contributed by atoms with van der Waals surface area (Å²) in [5.41, 5.74) is 0.847. The molecule has 1 aliphatic heterocycles. The van der Waals surface area contributed by atoms with Crippen LogP contribution in [0.5, 0.6) is 5.88 Å². The van der Waals surface area contributed by atoms with Crippen LogP contribution in [0.4, 0.5) is 24.5 Å². The van der Waals surface area contributed by atoms with E-state index in [2.05, 4.69) is 20.4 Å². The molecule has 1 saturated heterocycles. The van der Waals surface area contributed by atoms with Gasteiger partial charge in [0.25, 0.3) is 0 Å². The maximum Gasteiger partial charge on any atom is 0.422 e. The molecule has 0 spiro atoms. The monoisotopic (exact) mass is 486 g/mol. The SMILES string of the molecule is CC(Nc1ccc(OCC(F)(F)F)nc1)C(=O)Nc1ccc(S(=O)(=O)N2CCCCC2)cc1. The Balaban J connectivity index is 1.54. The van der Waals surface area contributed by atoms with Gasteiger partial charge in [-0.25, -0.2) is 13.4 Å². The molecular weight excluding hydrogens is 461 g/mol. The number of pyridine rings is 1. The molecule has 3 rings (SSSR count). The van der Waals surface area contributed by atoms with Crippen LogP contribution in [0.2, 0.25) is 0 Å². The fourth-order valence-corrected chi connectivity index (χ4v) is 4.75. The van der Waals surface area contributed by atoms with E-state index in [-0.39, 0.29) is 16.7 Å². The lowest BCUT2D eigenvalue weighted by molar-refractivity contribution is -0.154. The van der Waals surface area contributed by atoms with E-state index in [9.17, 15) is 26.4 Å². The zero-order chi connectivity index (χ0) is 24.1. The molecule has 1 aliphatic rings. The smallest absolute Gasteiger partial charge is 0.422 e. The second-order valence-electron chi connectivity index (χ2n) is 7.63. The third-order valence-electron chi connectivity index (χ3n) is 4.97. The number of rotatable bonds is 8. The first kappa shape index (κ1) is 24.8. The number of amides is 1. The number of ether oxygens (including phenoxy) is 1. The van der Waals surface area contributed by atoms with Crippen LogP contribution >= 0.6 is 0 Å². The van der Waals surface area contributed by atoms with E-state index >= 15 is 0 Å². The molecule has 1 aromatic heterocycles. The molecule has 1 aromatic carbocycles. The first-order chi connectivity index (χ1) is 15.5. The van der Waals surface area contributed by atoms with Crippen molar-refractivity contribution in [1.29, 1.82) is 0 Å². The van der Waals surface area contributed by atoms with Gasteiger partial charge >= 0.3 is 6.18 Å². The number of alkyl halides is 3. The van der Waals surface area contributed by atoms with E-state index in [1.807, 2.05) is 0 Å². The van der Waals surface area contributed by atoms with Gasteiger partial charge < -0.3 is 15.4 Å². The summed E-state index contributed by atoms with van der Waals surface area (Å²) >= 11 is 0. The van der Waals surface area contributed by atoms with Crippen molar-refractivity contribution < 1.29 is 31.1 Å². The number of piperidine rings is 1. The fraction of sp³-hybridized carbons (Fsp3) is 0.429. The highest BCUT2D eigenvalue weighted by Crippen LogP contribution is 2.22. The molecule has 12 heteroatoms. The number of benzene rings is 1. The summed E-state index contributed by atoms with van der Waals surface area (Å²) < 4.78 is 68.0. The van der Waals surface area contributed by atoms with Gasteiger partial charge in [-0.2, -0.15) is 17.5 Å². The van der Waals surface area contributed by atoms with Gasteiger partial charge in [-0.05, 0) is 50.1 Å². The summed E-state index contributed by atoms with van der Waals surface area (Å²) in [6, 6.07) is 7.97. The van der Waals surface area contributed by atoms with Crippen molar-refractivity contribution in [3.8, 4) is 5.88 Å². The first-order valence-electron chi connectivity index (χ1n) is 10.4. The molecule has 0 aliphatic carbocycles. The summed E-state index contributed by atoms with van der Waals surface area (Å²) in [5, 5.41) is 5.57. The van der Waals surface area contributed by atoms with E-state index in [4.69, 9.17) is 0 Å². The Morgan fingerprint density at radius 1 is 1.09 bits per heavy atom. The van der Waals surface area contributed by atoms with Crippen molar-refractivity contribution in [1.82, 2.24) is 9.29 Å². The topological polar surface area (TPSA) is 101 Å². The zero-order valence-corrected chi connectivity index (χ0v) is 18.7. The van der Waals surface area contributed by atoms with Crippen LogP contribution in [0.15, 0.2) is 47.5 Å². The minimum absolute atomic E-state index is 0.174. The third-order valence-corrected chi connectivity index (χ3v) is 6.88. The number of halogens is 3. The number of carbonyl (C=O) groups excluding carboxylic acids is 1. The summed E-state index contributed by atoms with van der Waals surface area (Å²) in [4.78, 5) is 16.4.